The Morgan fingerprint density at radius 1 is 1.21 bits per heavy atom. The Morgan fingerprint density at radius 2 is 1.89 bits per heavy atom. The van der Waals surface area contributed by atoms with Gasteiger partial charge in [-0.3, -0.25) is 9.59 Å². The fourth-order valence-corrected chi connectivity index (χ4v) is 4.85. The summed E-state index contributed by atoms with van der Waals surface area (Å²) in [6.45, 7) is 1.71. The molecule has 1 aromatic rings. The van der Waals surface area contributed by atoms with Gasteiger partial charge in [-0.2, -0.15) is 0 Å². The molecule has 0 aromatic heterocycles. The smallest absolute Gasteiger partial charge is 0.214 e. The van der Waals surface area contributed by atoms with Gasteiger partial charge in [0.15, 0.2) is 11.4 Å². The molecule has 3 aliphatic rings. The number of allylic oxidation sites excluding steroid dienone is 1. The molecule has 1 aromatic carbocycles. The average Bonchev–Trinajstić information content (AvgIpc) is 2.65. The van der Waals surface area contributed by atoms with Crippen molar-refractivity contribution in [1.82, 2.24) is 0 Å². The van der Waals surface area contributed by atoms with Gasteiger partial charge >= 0.3 is 0 Å². The molecule has 0 saturated heterocycles. The van der Waals surface area contributed by atoms with E-state index in [4.69, 9.17) is 6.42 Å². The second kappa shape index (κ2) is 5.71. The number of carbonyl (C=O) groups excluding carboxylic acids is 2. The zero-order valence-electron chi connectivity index (χ0n) is 14.9. The van der Waals surface area contributed by atoms with Crippen molar-refractivity contribution in [3.8, 4) is 18.1 Å². The van der Waals surface area contributed by atoms with Gasteiger partial charge in [-0.05, 0) is 17.5 Å². The number of rotatable bonds is 0. The van der Waals surface area contributed by atoms with Gasteiger partial charge in [0.2, 0.25) is 5.78 Å². The van der Waals surface area contributed by atoms with Gasteiger partial charge in [-0.1, -0.05) is 25.0 Å². The van der Waals surface area contributed by atoms with Crippen LogP contribution in [0.1, 0.15) is 35.2 Å². The van der Waals surface area contributed by atoms with E-state index in [1.54, 1.807) is 19.1 Å². The van der Waals surface area contributed by atoms with Crippen molar-refractivity contribution in [2.24, 2.45) is 11.8 Å². The van der Waals surface area contributed by atoms with Crippen molar-refractivity contribution in [2.45, 2.75) is 31.0 Å². The number of carbonyl (C=O) groups is 2. The van der Waals surface area contributed by atoms with Crippen LogP contribution in [0.5, 0.6) is 5.75 Å². The molecule has 7 nitrogen and oxygen atoms in total. The number of aliphatic hydroxyl groups is 4. The first-order valence-corrected chi connectivity index (χ1v) is 8.80. The van der Waals surface area contributed by atoms with Crippen LogP contribution in [-0.2, 0) is 4.79 Å². The molecule has 0 bridgehead atoms. The zero-order chi connectivity index (χ0) is 20.5. The van der Waals surface area contributed by atoms with Gasteiger partial charge in [0.05, 0.1) is 11.7 Å². The maximum Gasteiger partial charge on any atom is 0.214 e. The summed E-state index contributed by atoms with van der Waals surface area (Å²) in [7, 11) is 0. The summed E-state index contributed by atoms with van der Waals surface area (Å²) < 4.78 is 0. The largest absolute Gasteiger partial charge is 0.511 e. The molecule has 0 heterocycles. The lowest BCUT2D eigenvalue weighted by Crippen LogP contribution is -2.61. The standard InChI is InChI=1S/C21H18O7/c1-3-9-13(23)7-11-17(24)14-8(2)10-5-4-6-12(22)15(10)18(25)16(14)20(27)21(11,28)19(9)26/h1,4-6,8,11,14,17,22-24,27-28H,7H2,2H3/t8-,11+,14+,17+,21+/m0/s1. The average molecular weight is 382 g/mol. The molecule has 28 heavy (non-hydrogen) atoms. The van der Waals surface area contributed by atoms with Crippen LogP contribution in [0.25, 0.3) is 0 Å². The molecule has 0 radical (unpaired) electrons. The van der Waals surface area contributed by atoms with E-state index in [2.05, 4.69) is 0 Å². The fraction of sp³-hybridized carbons (Fsp3) is 0.333. The molecule has 5 atom stereocenters. The number of Topliss-reactive ketones (excluding diaryl/α,β-unsaturated/α-hetero) is 2. The van der Waals surface area contributed by atoms with Crippen molar-refractivity contribution in [3.05, 3.63) is 52.0 Å². The lowest BCUT2D eigenvalue weighted by atomic mass is 9.56. The molecule has 144 valence electrons. The quantitative estimate of drug-likeness (QED) is 0.426. The lowest BCUT2D eigenvalue weighted by Gasteiger charge is -2.49. The number of fused-ring (bicyclic) bond motifs is 3. The zero-order valence-corrected chi connectivity index (χ0v) is 14.9. The molecule has 0 amide bonds. The summed E-state index contributed by atoms with van der Waals surface area (Å²) in [5.41, 5.74) is -3.01. The highest BCUT2D eigenvalue weighted by Gasteiger charge is 2.63. The van der Waals surface area contributed by atoms with Crippen LogP contribution < -0.4 is 0 Å². The first kappa shape index (κ1) is 18.3. The number of benzene rings is 1. The minimum absolute atomic E-state index is 0.0409. The van der Waals surface area contributed by atoms with Crippen LogP contribution in [0.3, 0.4) is 0 Å². The van der Waals surface area contributed by atoms with Crippen LogP contribution in [0.2, 0.25) is 0 Å². The third-order valence-electron chi connectivity index (χ3n) is 6.26. The Bertz CT molecular complexity index is 1040. The second-order valence-corrected chi connectivity index (χ2v) is 7.51. The minimum Gasteiger partial charge on any atom is -0.511 e. The molecule has 0 saturated carbocycles. The topological polar surface area (TPSA) is 135 Å². The number of aromatic hydroxyl groups is 1. The Labute approximate surface area is 160 Å². The molecule has 5 N–H and O–H groups in total. The molecular formula is C21H18O7. The Morgan fingerprint density at radius 3 is 2.54 bits per heavy atom. The van der Waals surface area contributed by atoms with Crippen molar-refractivity contribution < 1.29 is 35.1 Å². The predicted molar refractivity (Wildman–Crippen MR) is 96.6 cm³/mol. The number of terminal acetylenes is 1. The van der Waals surface area contributed by atoms with Crippen LogP contribution in [0.4, 0.5) is 0 Å². The molecule has 4 rings (SSSR count). The minimum atomic E-state index is -2.63. The summed E-state index contributed by atoms with van der Waals surface area (Å²) in [6.07, 6.45) is 3.50. The van der Waals surface area contributed by atoms with E-state index in [1.807, 2.05) is 5.92 Å². The number of hydrogen-bond acceptors (Lipinski definition) is 7. The van der Waals surface area contributed by atoms with E-state index in [9.17, 15) is 35.1 Å². The summed E-state index contributed by atoms with van der Waals surface area (Å²) >= 11 is 0. The molecule has 0 unspecified atom stereocenters. The number of aliphatic hydroxyl groups excluding tert-OH is 3. The van der Waals surface area contributed by atoms with Gasteiger partial charge in [0.25, 0.3) is 0 Å². The third-order valence-corrected chi connectivity index (χ3v) is 6.26. The highest BCUT2D eigenvalue weighted by atomic mass is 16.4. The van der Waals surface area contributed by atoms with E-state index in [0.717, 1.165) is 0 Å². The number of phenolic OH excluding ortho intramolecular Hbond substituents is 1. The number of hydrogen-bond donors (Lipinski definition) is 5. The third kappa shape index (κ3) is 1.96. The second-order valence-electron chi connectivity index (χ2n) is 7.51. The molecule has 0 aliphatic heterocycles. The summed E-state index contributed by atoms with van der Waals surface area (Å²) in [6, 6.07) is 4.52. The van der Waals surface area contributed by atoms with Gasteiger partial charge < -0.3 is 25.5 Å². The van der Waals surface area contributed by atoms with Crippen LogP contribution in [-0.4, -0.2) is 48.8 Å². The molecule has 3 aliphatic carbocycles. The summed E-state index contributed by atoms with van der Waals surface area (Å²) in [4.78, 5) is 25.9. The molecule has 0 spiro atoms. The summed E-state index contributed by atoms with van der Waals surface area (Å²) in [5.74, 6) is -4.27. The first-order chi connectivity index (χ1) is 13.2. The predicted octanol–water partition coefficient (Wildman–Crippen LogP) is 1.26. The Hall–Kier alpha value is -3.08. The molecule has 7 heteroatoms. The van der Waals surface area contributed by atoms with Crippen LogP contribution >= 0.6 is 0 Å². The Kier molecular flexibility index (Phi) is 3.73. The van der Waals surface area contributed by atoms with Gasteiger partial charge in [0, 0.05) is 23.8 Å². The van der Waals surface area contributed by atoms with Crippen molar-refractivity contribution in [3.63, 3.8) is 0 Å². The molecule has 0 fully saturated rings. The van der Waals surface area contributed by atoms with Gasteiger partial charge in [-0.15, -0.1) is 6.42 Å². The van der Waals surface area contributed by atoms with Crippen molar-refractivity contribution >= 4 is 11.6 Å². The summed E-state index contributed by atoms with van der Waals surface area (Å²) in [5, 5.41) is 53.2. The normalized spacial score (nSPS) is 34.5. The van der Waals surface area contributed by atoms with Crippen LogP contribution in [0.15, 0.2) is 40.9 Å². The maximum absolute atomic E-state index is 13.1. The van der Waals surface area contributed by atoms with E-state index in [0.29, 0.717) is 5.56 Å². The highest BCUT2D eigenvalue weighted by molar-refractivity contribution is 6.16. The monoisotopic (exact) mass is 382 g/mol. The SMILES string of the molecule is C#CC1=C(O)C[C@@H]2[C@@H](O)[C@H]3C(=C(O)[C@]2(O)C1=O)C(=O)c1c(O)cccc1[C@@H]3C. The first-order valence-electron chi connectivity index (χ1n) is 8.80. The lowest BCUT2D eigenvalue weighted by molar-refractivity contribution is -0.153. The van der Waals surface area contributed by atoms with E-state index in [-0.39, 0.29) is 23.3 Å². The van der Waals surface area contributed by atoms with E-state index < -0.39 is 58.1 Å². The van der Waals surface area contributed by atoms with Crippen molar-refractivity contribution in [2.75, 3.05) is 0 Å². The van der Waals surface area contributed by atoms with Gasteiger partial charge in [-0.25, -0.2) is 0 Å². The number of phenols is 1. The fourth-order valence-electron chi connectivity index (χ4n) is 4.85. The van der Waals surface area contributed by atoms with E-state index in [1.165, 1.54) is 6.07 Å². The van der Waals surface area contributed by atoms with E-state index >= 15 is 0 Å². The van der Waals surface area contributed by atoms with Crippen LogP contribution in [0, 0.1) is 24.2 Å². The number of ketones is 2. The van der Waals surface area contributed by atoms with Gasteiger partial charge in [0.1, 0.15) is 22.8 Å². The molecular weight excluding hydrogens is 364 g/mol. The maximum atomic E-state index is 13.1. The Balaban J connectivity index is 2.01. The van der Waals surface area contributed by atoms with Crippen molar-refractivity contribution in [1.29, 1.82) is 0 Å². The highest BCUT2D eigenvalue weighted by Crippen LogP contribution is 2.54.